The second-order valence-electron chi connectivity index (χ2n) is 5.15. The Balaban J connectivity index is 2.02. The molecule has 2 aliphatic rings. The van der Waals surface area contributed by atoms with Crippen molar-refractivity contribution < 1.29 is 9.90 Å². The standard InChI is InChI=1S/C12H22N2O2/c1-2-3-11(13)12(16)14-8-4-5-9(14)7-10(15)6-8/h8-11,15H,2-7,13H2,1H3. The van der Waals surface area contributed by atoms with Gasteiger partial charge in [0.1, 0.15) is 0 Å². The van der Waals surface area contributed by atoms with Crippen LogP contribution in [0.1, 0.15) is 45.4 Å². The zero-order valence-corrected chi connectivity index (χ0v) is 9.93. The molecule has 2 bridgehead atoms. The fourth-order valence-corrected chi connectivity index (χ4v) is 3.13. The van der Waals surface area contributed by atoms with Gasteiger partial charge >= 0.3 is 0 Å². The minimum Gasteiger partial charge on any atom is -0.393 e. The van der Waals surface area contributed by atoms with E-state index in [2.05, 4.69) is 0 Å². The fourth-order valence-electron chi connectivity index (χ4n) is 3.13. The maximum Gasteiger partial charge on any atom is 0.239 e. The van der Waals surface area contributed by atoms with Crippen LogP contribution in [0.3, 0.4) is 0 Å². The molecule has 0 aromatic heterocycles. The first kappa shape index (κ1) is 11.9. The number of hydrogen-bond acceptors (Lipinski definition) is 3. The van der Waals surface area contributed by atoms with Crippen LogP contribution < -0.4 is 5.73 Å². The summed E-state index contributed by atoms with van der Waals surface area (Å²) in [4.78, 5) is 14.1. The first-order valence-corrected chi connectivity index (χ1v) is 6.39. The summed E-state index contributed by atoms with van der Waals surface area (Å²) < 4.78 is 0. The Hall–Kier alpha value is -0.610. The lowest BCUT2D eigenvalue weighted by Crippen LogP contribution is -2.53. The summed E-state index contributed by atoms with van der Waals surface area (Å²) >= 11 is 0. The molecule has 0 aromatic carbocycles. The van der Waals surface area contributed by atoms with Gasteiger partial charge in [-0.15, -0.1) is 0 Å². The molecule has 3 atom stereocenters. The second-order valence-corrected chi connectivity index (χ2v) is 5.15. The lowest BCUT2D eigenvalue weighted by molar-refractivity contribution is -0.139. The maximum atomic E-state index is 12.2. The molecule has 3 unspecified atom stereocenters. The van der Waals surface area contributed by atoms with Crippen LogP contribution in [-0.2, 0) is 4.79 Å². The van der Waals surface area contributed by atoms with Crippen LogP contribution >= 0.6 is 0 Å². The molecule has 2 aliphatic heterocycles. The molecule has 2 fully saturated rings. The van der Waals surface area contributed by atoms with Crippen LogP contribution in [0.15, 0.2) is 0 Å². The molecule has 0 radical (unpaired) electrons. The molecule has 3 N–H and O–H groups in total. The van der Waals surface area contributed by atoms with Gasteiger partial charge in [-0.2, -0.15) is 0 Å². The Bertz CT molecular complexity index is 256. The minimum absolute atomic E-state index is 0.0984. The average molecular weight is 226 g/mol. The number of nitrogens with zero attached hydrogens (tertiary/aromatic N) is 1. The zero-order valence-electron chi connectivity index (χ0n) is 9.93. The third-order valence-electron chi connectivity index (χ3n) is 3.88. The smallest absolute Gasteiger partial charge is 0.239 e. The molecule has 2 heterocycles. The largest absolute Gasteiger partial charge is 0.393 e. The van der Waals surface area contributed by atoms with E-state index in [1.165, 1.54) is 0 Å². The minimum atomic E-state index is -0.344. The number of fused-ring (bicyclic) bond motifs is 2. The van der Waals surface area contributed by atoms with E-state index in [9.17, 15) is 9.90 Å². The Morgan fingerprint density at radius 3 is 2.50 bits per heavy atom. The third-order valence-corrected chi connectivity index (χ3v) is 3.88. The number of aliphatic hydroxyl groups is 1. The predicted octanol–water partition coefficient (Wildman–Crippen LogP) is 0.628. The van der Waals surface area contributed by atoms with Crippen LogP contribution in [0.5, 0.6) is 0 Å². The third kappa shape index (κ3) is 2.09. The summed E-state index contributed by atoms with van der Waals surface area (Å²) in [5.41, 5.74) is 5.89. The first-order chi connectivity index (χ1) is 7.63. The Morgan fingerprint density at radius 2 is 2.00 bits per heavy atom. The summed E-state index contributed by atoms with van der Waals surface area (Å²) in [7, 11) is 0. The molecule has 0 aromatic rings. The van der Waals surface area contributed by atoms with E-state index in [0.29, 0.717) is 0 Å². The van der Waals surface area contributed by atoms with Crippen LogP contribution in [0, 0.1) is 0 Å². The fraction of sp³-hybridized carbons (Fsp3) is 0.917. The summed E-state index contributed by atoms with van der Waals surface area (Å²) in [5.74, 6) is 0.0984. The SMILES string of the molecule is CCCC(N)C(=O)N1C2CCC1CC(O)C2. The number of carbonyl (C=O) groups excluding carboxylic acids is 1. The molecule has 16 heavy (non-hydrogen) atoms. The number of rotatable bonds is 3. The average Bonchev–Trinajstić information content (AvgIpc) is 2.50. The molecular weight excluding hydrogens is 204 g/mol. The van der Waals surface area contributed by atoms with Gasteiger partial charge in [0.2, 0.25) is 5.91 Å². The molecule has 2 saturated heterocycles. The van der Waals surface area contributed by atoms with Crippen molar-refractivity contribution in [3.8, 4) is 0 Å². The van der Waals surface area contributed by atoms with Gasteiger partial charge in [-0.25, -0.2) is 0 Å². The van der Waals surface area contributed by atoms with Crippen molar-refractivity contribution in [3.63, 3.8) is 0 Å². The van der Waals surface area contributed by atoms with Gasteiger partial charge in [-0.1, -0.05) is 13.3 Å². The monoisotopic (exact) mass is 226 g/mol. The maximum absolute atomic E-state index is 12.2. The number of nitrogens with two attached hydrogens (primary N) is 1. The molecule has 1 amide bonds. The normalized spacial score (nSPS) is 35.2. The number of hydrogen-bond donors (Lipinski definition) is 2. The summed E-state index contributed by atoms with van der Waals surface area (Å²) in [6.07, 6.45) is 5.03. The van der Waals surface area contributed by atoms with Crippen LogP contribution in [0.4, 0.5) is 0 Å². The highest BCUT2D eigenvalue weighted by Crippen LogP contribution is 2.36. The number of carbonyl (C=O) groups is 1. The van der Waals surface area contributed by atoms with Crippen LogP contribution in [0.2, 0.25) is 0 Å². The highest BCUT2D eigenvalue weighted by Gasteiger charge is 2.43. The molecule has 0 spiro atoms. The Kier molecular flexibility index (Phi) is 3.50. The van der Waals surface area contributed by atoms with E-state index in [1.807, 2.05) is 11.8 Å². The Morgan fingerprint density at radius 1 is 1.44 bits per heavy atom. The van der Waals surface area contributed by atoms with Gasteiger partial charge in [0.15, 0.2) is 0 Å². The zero-order chi connectivity index (χ0) is 11.7. The van der Waals surface area contributed by atoms with Crippen LogP contribution in [0.25, 0.3) is 0 Å². The summed E-state index contributed by atoms with van der Waals surface area (Å²) in [6.45, 7) is 2.04. The van der Waals surface area contributed by atoms with E-state index in [4.69, 9.17) is 5.73 Å². The summed E-state index contributed by atoms with van der Waals surface area (Å²) in [6, 6.07) is 0.136. The molecular formula is C12H22N2O2. The van der Waals surface area contributed by atoms with E-state index >= 15 is 0 Å². The van der Waals surface area contributed by atoms with Gasteiger partial charge in [-0.3, -0.25) is 4.79 Å². The number of aliphatic hydroxyl groups excluding tert-OH is 1. The highest BCUT2D eigenvalue weighted by molar-refractivity contribution is 5.82. The van der Waals surface area contributed by atoms with Gasteiger partial charge < -0.3 is 15.7 Å². The van der Waals surface area contributed by atoms with Gasteiger partial charge in [0.25, 0.3) is 0 Å². The Labute approximate surface area is 96.8 Å². The van der Waals surface area contributed by atoms with Crippen molar-refractivity contribution >= 4 is 5.91 Å². The number of piperidine rings is 1. The molecule has 2 rings (SSSR count). The van der Waals surface area contributed by atoms with Crippen molar-refractivity contribution in [1.82, 2.24) is 4.90 Å². The van der Waals surface area contributed by atoms with Gasteiger partial charge in [0.05, 0.1) is 12.1 Å². The molecule has 0 aliphatic carbocycles. The highest BCUT2D eigenvalue weighted by atomic mass is 16.3. The van der Waals surface area contributed by atoms with E-state index in [0.717, 1.165) is 38.5 Å². The molecule has 4 nitrogen and oxygen atoms in total. The summed E-state index contributed by atoms with van der Waals surface area (Å²) in [5, 5.41) is 9.66. The van der Waals surface area contributed by atoms with E-state index in [-0.39, 0.29) is 30.1 Å². The quantitative estimate of drug-likeness (QED) is 0.741. The van der Waals surface area contributed by atoms with E-state index < -0.39 is 0 Å². The van der Waals surface area contributed by atoms with Crippen LogP contribution in [-0.4, -0.2) is 40.1 Å². The van der Waals surface area contributed by atoms with E-state index in [1.54, 1.807) is 0 Å². The van der Waals surface area contributed by atoms with Gasteiger partial charge in [-0.05, 0) is 32.1 Å². The second kappa shape index (κ2) is 4.72. The van der Waals surface area contributed by atoms with Crippen molar-refractivity contribution in [2.75, 3.05) is 0 Å². The molecule has 4 heteroatoms. The van der Waals surface area contributed by atoms with Crippen molar-refractivity contribution in [3.05, 3.63) is 0 Å². The van der Waals surface area contributed by atoms with Gasteiger partial charge in [0, 0.05) is 12.1 Å². The first-order valence-electron chi connectivity index (χ1n) is 6.39. The number of amides is 1. The molecule has 0 saturated carbocycles. The topological polar surface area (TPSA) is 66.6 Å². The predicted molar refractivity (Wildman–Crippen MR) is 61.8 cm³/mol. The molecule has 92 valence electrons. The van der Waals surface area contributed by atoms with Crippen molar-refractivity contribution in [1.29, 1.82) is 0 Å². The lowest BCUT2D eigenvalue weighted by atomic mass is 9.98. The lowest BCUT2D eigenvalue weighted by Gasteiger charge is -2.38. The van der Waals surface area contributed by atoms with Crippen molar-refractivity contribution in [2.45, 2.75) is 69.7 Å². The van der Waals surface area contributed by atoms with Crippen molar-refractivity contribution in [2.24, 2.45) is 5.73 Å².